The summed E-state index contributed by atoms with van der Waals surface area (Å²) in [6, 6.07) is 0. The summed E-state index contributed by atoms with van der Waals surface area (Å²) in [5.41, 5.74) is 0.0712. The average Bonchev–Trinajstić information content (AvgIpc) is 2.37. The Bertz CT molecular complexity index is 331. The second-order valence-electron chi connectivity index (χ2n) is 7.18. The summed E-state index contributed by atoms with van der Waals surface area (Å²) in [6.45, 7) is 17.0. The first kappa shape index (κ1) is 18.2. The topological polar surface area (TPSA) is 48.9 Å². The highest BCUT2D eigenvalue weighted by atomic mass is 16.5. The van der Waals surface area contributed by atoms with Crippen LogP contribution in [0.3, 0.4) is 0 Å². The number of hydrogen-bond donors (Lipinski definition) is 2. The summed E-state index contributed by atoms with van der Waals surface area (Å²) >= 11 is 0. The van der Waals surface area contributed by atoms with E-state index in [1.807, 2.05) is 7.05 Å². The molecule has 124 valence electrons. The minimum Gasteiger partial charge on any atom is -0.373 e. The smallest absolute Gasteiger partial charge is 0.191 e. The molecule has 1 saturated heterocycles. The molecule has 1 fully saturated rings. The van der Waals surface area contributed by atoms with Crippen molar-refractivity contribution in [3.8, 4) is 0 Å². The number of nitrogens with zero attached hydrogens (tertiary/aromatic N) is 2. The Labute approximate surface area is 130 Å². The summed E-state index contributed by atoms with van der Waals surface area (Å²) in [7, 11) is 1.82. The van der Waals surface area contributed by atoms with Crippen molar-refractivity contribution in [2.45, 2.75) is 59.3 Å². The van der Waals surface area contributed by atoms with Crippen LogP contribution in [0.15, 0.2) is 4.99 Å². The Morgan fingerprint density at radius 3 is 2.29 bits per heavy atom. The molecule has 1 rings (SSSR count). The first-order valence-electron chi connectivity index (χ1n) is 8.09. The first-order valence-corrected chi connectivity index (χ1v) is 8.09. The fourth-order valence-corrected chi connectivity index (χ4v) is 2.61. The van der Waals surface area contributed by atoms with Crippen molar-refractivity contribution in [1.82, 2.24) is 15.5 Å². The highest BCUT2D eigenvalue weighted by Gasteiger charge is 2.33. The van der Waals surface area contributed by atoms with Gasteiger partial charge in [-0.05, 0) is 33.6 Å². The molecule has 0 aromatic rings. The van der Waals surface area contributed by atoms with Crippen molar-refractivity contribution in [3.63, 3.8) is 0 Å². The molecule has 2 unspecified atom stereocenters. The molecule has 5 nitrogen and oxygen atoms in total. The Morgan fingerprint density at radius 1 is 1.24 bits per heavy atom. The molecule has 0 radical (unpaired) electrons. The highest BCUT2D eigenvalue weighted by Crippen LogP contribution is 2.20. The quantitative estimate of drug-likeness (QED) is 0.599. The second-order valence-corrected chi connectivity index (χ2v) is 7.18. The average molecular weight is 298 g/mol. The zero-order valence-electron chi connectivity index (χ0n) is 14.9. The van der Waals surface area contributed by atoms with Gasteiger partial charge in [-0.1, -0.05) is 13.8 Å². The maximum Gasteiger partial charge on any atom is 0.191 e. The Kier molecular flexibility index (Phi) is 6.94. The van der Waals surface area contributed by atoms with E-state index in [-0.39, 0.29) is 5.54 Å². The van der Waals surface area contributed by atoms with E-state index < -0.39 is 0 Å². The Morgan fingerprint density at radius 2 is 1.81 bits per heavy atom. The van der Waals surface area contributed by atoms with Gasteiger partial charge in [-0.25, -0.2) is 0 Å². The van der Waals surface area contributed by atoms with Crippen LogP contribution in [0.1, 0.15) is 41.5 Å². The molecule has 1 aliphatic heterocycles. The van der Waals surface area contributed by atoms with Gasteiger partial charge in [-0.3, -0.25) is 9.89 Å². The van der Waals surface area contributed by atoms with Gasteiger partial charge in [0.25, 0.3) is 0 Å². The summed E-state index contributed by atoms with van der Waals surface area (Å²) < 4.78 is 5.83. The monoisotopic (exact) mass is 298 g/mol. The Hall–Kier alpha value is -0.810. The fraction of sp³-hybridized carbons (Fsp3) is 0.938. The van der Waals surface area contributed by atoms with Crippen LogP contribution in [0.2, 0.25) is 0 Å². The third-order valence-corrected chi connectivity index (χ3v) is 3.87. The Balaban J connectivity index is 2.51. The lowest BCUT2D eigenvalue weighted by Gasteiger charge is -2.45. The maximum atomic E-state index is 5.83. The third kappa shape index (κ3) is 6.22. The van der Waals surface area contributed by atoms with E-state index in [0.717, 1.165) is 32.1 Å². The molecule has 0 saturated carbocycles. The molecule has 2 N–H and O–H groups in total. The van der Waals surface area contributed by atoms with Crippen molar-refractivity contribution >= 4 is 5.96 Å². The predicted molar refractivity (Wildman–Crippen MR) is 89.9 cm³/mol. The van der Waals surface area contributed by atoms with Crippen molar-refractivity contribution < 1.29 is 4.74 Å². The van der Waals surface area contributed by atoms with Crippen LogP contribution in [0.25, 0.3) is 0 Å². The van der Waals surface area contributed by atoms with E-state index in [9.17, 15) is 0 Å². The first-order chi connectivity index (χ1) is 9.74. The van der Waals surface area contributed by atoms with E-state index >= 15 is 0 Å². The third-order valence-electron chi connectivity index (χ3n) is 3.87. The highest BCUT2D eigenvalue weighted by molar-refractivity contribution is 5.79. The number of morpholine rings is 1. The van der Waals surface area contributed by atoms with E-state index in [4.69, 9.17) is 4.74 Å². The van der Waals surface area contributed by atoms with E-state index in [1.165, 1.54) is 0 Å². The van der Waals surface area contributed by atoms with E-state index in [0.29, 0.717) is 18.1 Å². The largest absolute Gasteiger partial charge is 0.373 e. The van der Waals surface area contributed by atoms with Gasteiger partial charge in [-0.15, -0.1) is 0 Å². The summed E-state index contributed by atoms with van der Waals surface area (Å²) in [5.74, 6) is 1.49. The molecule has 2 atom stereocenters. The van der Waals surface area contributed by atoms with Gasteiger partial charge < -0.3 is 15.4 Å². The number of guanidine groups is 1. The SMILES string of the molecule is CN=C(NCC(C)C)NCC(C)(C)N1CC(C)OC(C)C1. The zero-order chi connectivity index (χ0) is 16.0. The fourth-order valence-electron chi connectivity index (χ4n) is 2.61. The van der Waals surface area contributed by atoms with Crippen molar-refractivity contribution in [2.24, 2.45) is 10.9 Å². The van der Waals surface area contributed by atoms with Crippen LogP contribution in [-0.2, 0) is 4.74 Å². The normalized spacial score (nSPS) is 25.2. The lowest BCUT2D eigenvalue weighted by molar-refractivity contribution is -0.0946. The van der Waals surface area contributed by atoms with Crippen LogP contribution >= 0.6 is 0 Å². The predicted octanol–water partition coefficient (Wildman–Crippen LogP) is 1.70. The molecule has 1 heterocycles. The van der Waals surface area contributed by atoms with Crippen LogP contribution < -0.4 is 10.6 Å². The second kappa shape index (κ2) is 7.99. The van der Waals surface area contributed by atoms with Crippen LogP contribution in [0.4, 0.5) is 0 Å². The van der Waals surface area contributed by atoms with Crippen LogP contribution in [0.5, 0.6) is 0 Å². The summed E-state index contributed by atoms with van der Waals surface area (Å²) in [4.78, 5) is 6.80. The van der Waals surface area contributed by atoms with Gasteiger partial charge in [0, 0.05) is 38.8 Å². The van der Waals surface area contributed by atoms with Crippen LogP contribution in [0, 0.1) is 5.92 Å². The van der Waals surface area contributed by atoms with Gasteiger partial charge in [0.2, 0.25) is 0 Å². The molecule has 0 aromatic carbocycles. The van der Waals surface area contributed by atoms with Crippen molar-refractivity contribution in [1.29, 1.82) is 0 Å². The molecule has 0 spiro atoms. The van der Waals surface area contributed by atoms with Gasteiger partial charge in [0.05, 0.1) is 12.2 Å². The molecule has 0 amide bonds. The molecule has 0 aliphatic carbocycles. The molecular weight excluding hydrogens is 264 g/mol. The van der Waals surface area contributed by atoms with Gasteiger partial charge in [0.15, 0.2) is 5.96 Å². The van der Waals surface area contributed by atoms with Crippen molar-refractivity contribution in [3.05, 3.63) is 0 Å². The lowest BCUT2D eigenvalue weighted by atomic mass is 10.00. The van der Waals surface area contributed by atoms with Gasteiger partial charge >= 0.3 is 0 Å². The molecular formula is C16H34N4O. The lowest BCUT2D eigenvalue weighted by Crippen LogP contribution is -2.59. The number of hydrogen-bond acceptors (Lipinski definition) is 3. The molecule has 5 heteroatoms. The standard InChI is InChI=1S/C16H34N4O/c1-12(2)8-18-15(17-7)19-11-16(5,6)20-9-13(3)21-14(4)10-20/h12-14H,8-11H2,1-7H3,(H2,17,18,19). The van der Waals surface area contributed by atoms with Gasteiger partial charge in [0.1, 0.15) is 0 Å². The molecule has 21 heavy (non-hydrogen) atoms. The zero-order valence-corrected chi connectivity index (χ0v) is 14.9. The molecule has 0 bridgehead atoms. The van der Waals surface area contributed by atoms with E-state index in [2.05, 4.69) is 62.1 Å². The van der Waals surface area contributed by atoms with Gasteiger partial charge in [-0.2, -0.15) is 0 Å². The van der Waals surface area contributed by atoms with E-state index in [1.54, 1.807) is 0 Å². The maximum absolute atomic E-state index is 5.83. The number of ether oxygens (including phenoxy) is 1. The van der Waals surface area contributed by atoms with Crippen molar-refractivity contribution in [2.75, 3.05) is 33.2 Å². The minimum atomic E-state index is 0.0712. The summed E-state index contributed by atoms with van der Waals surface area (Å²) in [5, 5.41) is 6.81. The molecule has 1 aliphatic rings. The number of rotatable bonds is 5. The molecule has 0 aromatic heterocycles. The van der Waals surface area contributed by atoms with Crippen LogP contribution in [-0.4, -0.2) is 61.8 Å². The number of nitrogens with one attached hydrogen (secondary N) is 2. The number of aliphatic imine (C=N–C) groups is 1. The minimum absolute atomic E-state index is 0.0712. The summed E-state index contributed by atoms with van der Waals surface area (Å²) in [6.07, 6.45) is 0.595.